The van der Waals surface area contributed by atoms with Crippen LogP contribution in [-0.2, 0) is 0 Å². The average Bonchev–Trinajstić information content (AvgIpc) is 2.51. The molecule has 3 heteroatoms. The zero-order valence-corrected chi connectivity index (χ0v) is 10.7. The van der Waals surface area contributed by atoms with E-state index >= 15 is 0 Å². The van der Waals surface area contributed by atoms with Crippen LogP contribution in [0.1, 0.15) is 19.8 Å². The van der Waals surface area contributed by atoms with Gasteiger partial charge in [-0.25, -0.2) is 0 Å². The summed E-state index contributed by atoms with van der Waals surface area (Å²) in [7, 11) is -1.20. The molecule has 0 heterocycles. The predicted octanol–water partition coefficient (Wildman–Crippen LogP) is 2.76. The maximum absolute atomic E-state index is 8.82. The van der Waals surface area contributed by atoms with Crippen LogP contribution in [0, 0.1) is 11.3 Å². The highest BCUT2D eigenvalue weighted by Crippen LogP contribution is 2.26. The third kappa shape index (κ3) is 2.46. The van der Waals surface area contributed by atoms with E-state index in [2.05, 4.69) is 43.3 Å². The first kappa shape index (κ1) is 11.5. The smallest absolute Gasteiger partial charge is 0.119 e. The van der Waals surface area contributed by atoms with Crippen molar-refractivity contribution >= 4 is 8.24 Å². The molecule has 1 rings (SSSR count). The Morgan fingerprint density at radius 3 is 2.57 bits per heavy atom. The summed E-state index contributed by atoms with van der Waals surface area (Å²) in [6.45, 7) is 10.5. The molecule has 0 fully saturated rings. The number of nitrogens with zero attached hydrogens (tertiary/aromatic N) is 2. The molecule has 1 aliphatic rings. The van der Waals surface area contributed by atoms with E-state index in [0.29, 0.717) is 6.04 Å². The fourth-order valence-corrected chi connectivity index (χ4v) is 4.55. The van der Waals surface area contributed by atoms with Crippen molar-refractivity contribution in [2.24, 2.45) is 0 Å². The van der Waals surface area contributed by atoms with E-state index in [1.807, 2.05) is 0 Å². The van der Waals surface area contributed by atoms with Crippen LogP contribution >= 0.6 is 0 Å². The molecule has 0 saturated heterocycles. The molecular weight excluding hydrogens is 188 g/mol. The van der Waals surface area contributed by atoms with Gasteiger partial charge in [-0.3, -0.25) is 0 Å². The minimum Gasteiger partial charge on any atom is -0.321 e. The average molecular weight is 208 g/mol. The summed E-state index contributed by atoms with van der Waals surface area (Å²) >= 11 is 0. The van der Waals surface area contributed by atoms with Gasteiger partial charge in [-0.15, -0.1) is 0 Å². The van der Waals surface area contributed by atoms with Crippen molar-refractivity contribution in [1.29, 1.82) is 5.26 Å². The van der Waals surface area contributed by atoms with E-state index in [0.717, 1.165) is 25.0 Å². The second-order valence-corrected chi connectivity index (χ2v) is 9.81. The minimum absolute atomic E-state index is 0.598. The molecule has 78 valence electrons. The fraction of sp³-hybridized carbons (Fsp3) is 0.727. The number of hydrogen-bond donors (Lipinski definition) is 0. The lowest BCUT2D eigenvalue weighted by Crippen LogP contribution is -2.51. The van der Waals surface area contributed by atoms with E-state index in [9.17, 15) is 0 Å². The zero-order chi connectivity index (χ0) is 10.8. The first-order valence-electron chi connectivity index (χ1n) is 5.35. The quantitative estimate of drug-likeness (QED) is 0.667. The number of nitriles is 1. The van der Waals surface area contributed by atoms with Crippen LogP contribution in [0.4, 0.5) is 0 Å². The Hall–Kier alpha value is -0.593. The summed E-state index contributed by atoms with van der Waals surface area (Å²) in [6, 6.07) is 2.87. The van der Waals surface area contributed by atoms with E-state index < -0.39 is 8.24 Å². The summed E-state index contributed by atoms with van der Waals surface area (Å²) in [6.07, 6.45) is 4.14. The highest BCUT2D eigenvalue weighted by Gasteiger charge is 2.31. The lowest BCUT2D eigenvalue weighted by molar-refractivity contribution is 0.339. The van der Waals surface area contributed by atoms with Crippen LogP contribution in [-0.4, -0.2) is 25.4 Å². The molecule has 1 atom stereocenters. The highest BCUT2D eigenvalue weighted by molar-refractivity contribution is 6.73. The Kier molecular flexibility index (Phi) is 3.52. The van der Waals surface area contributed by atoms with Gasteiger partial charge in [-0.05, 0) is 19.4 Å². The summed E-state index contributed by atoms with van der Waals surface area (Å²) in [5, 5.41) is 8.82. The minimum atomic E-state index is -1.20. The second kappa shape index (κ2) is 4.29. The third-order valence-electron chi connectivity index (χ3n) is 2.88. The SMILES string of the molecule is CCN(C1CC=C(C#N)C1)[Si](C)(C)C. The summed E-state index contributed by atoms with van der Waals surface area (Å²) < 4.78 is 2.62. The molecule has 0 spiro atoms. The van der Waals surface area contributed by atoms with Crippen molar-refractivity contribution in [2.75, 3.05) is 6.54 Å². The molecule has 14 heavy (non-hydrogen) atoms. The zero-order valence-electron chi connectivity index (χ0n) is 9.67. The number of hydrogen-bond acceptors (Lipinski definition) is 2. The Balaban J connectivity index is 2.64. The van der Waals surface area contributed by atoms with Gasteiger partial charge in [0.05, 0.1) is 6.07 Å². The van der Waals surface area contributed by atoms with Gasteiger partial charge in [0, 0.05) is 11.6 Å². The van der Waals surface area contributed by atoms with Crippen LogP contribution in [0.2, 0.25) is 19.6 Å². The first-order chi connectivity index (χ1) is 6.49. The van der Waals surface area contributed by atoms with Crippen molar-refractivity contribution in [3.8, 4) is 6.07 Å². The molecule has 0 aliphatic heterocycles. The summed E-state index contributed by atoms with van der Waals surface area (Å²) in [5.74, 6) is 0. The molecule has 0 aromatic rings. The molecule has 1 unspecified atom stereocenters. The van der Waals surface area contributed by atoms with Crippen molar-refractivity contribution in [3.63, 3.8) is 0 Å². The van der Waals surface area contributed by atoms with Gasteiger partial charge in [0.2, 0.25) is 0 Å². The monoisotopic (exact) mass is 208 g/mol. The standard InChI is InChI=1S/C11H20N2Si/c1-5-13(14(2,3)4)11-7-6-10(8-11)9-12/h6,11H,5,7-8H2,1-4H3. The van der Waals surface area contributed by atoms with Gasteiger partial charge in [0.1, 0.15) is 8.24 Å². The topological polar surface area (TPSA) is 27.0 Å². The normalized spacial score (nSPS) is 22.3. The third-order valence-corrected chi connectivity index (χ3v) is 5.28. The Morgan fingerprint density at radius 2 is 2.21 bits per heavy atom. The lowest BCUT2D eigenvalue weighted by Gasteiger charge is -2.38. The lowest BCUT2D eigenvalue weighted by atomic mass is 10.2. The number of rotatable bonds is 3. The molecule has 0 amide bonds. The van der Waals surface area contributed by atoms with E-state index in [-0.39, 0.29) is 0 Å². The van der Waals surface area contributed by atoms with Gasteiger partial charge in [-0.2, -0.15) is 5.26 Å². The van der Waals surface area contributed by atoms with E-state index in [4.69, 9.17) is 5.26 Å². The maximum Gasteiger partial charge on any atom is 0.119 e. The van der Waals surface area contributed by atoms with Gasteiger partial charge in [0.25, 0.3) is 0 Å². The Labute approximate surface area is 88.3 Å². The van der Waals surface area contributed by atoms with Crippen LogP contribution in [0.15, 0.2) is 11.6 Å². The van der Waals surface area contributed by atoms with Crippen molar-refractivity contribution in [3.05, 3.63) is 11.6 Å². The van der Waals surface area contributed by atoms with Crippen LogP contribution in [0.5, 0.6) is 0 Å². The molecule has 1 aliphatic carbocycles. The molecule has 2 nitrogen and oxygen atoms in total. The molecule has 0 N–H and O–H groups in total. The van der Waals surface area contributed by atoms with Crippen molar-refractivity contribution in [2.45, 2.75) is 45.4 Å². The van der Waals surface area contributed by atoms with Crippen LogP contribution in [0.25, 0.3) is 0 Å². The Bertz CT molecular complexity index is 270. The first-order valence-corrected chi connectivity index (χ1v) is 8.79. The van der Waals surface area contributed by atoms with Crippen LogP contribution in [0.3, 0.4) is 0 Å². The van der Waals surface area contributed by atoms with E-state index in [1.54, 1.807) is 0 Å². The van der Waals surface area contributed by atoms with Crippen LogP contribution < -0.4 is 0 Å². The van der Waals surface area contributed by atoms with Crippen molar-refractivity contribution < 1.29 is 0 Å². The summed E-state index contributed by atoms with van der Waals surface area (Å²) in [5.41, 5.74) is 0.978. The summed E-state index contributed by atoms with van der Waals surface area (Å²) in [4.78, 5) is 0. The highest BCUT2D eigenvalue weighted by atomic mass is 28.3. The van der Waals surface area contributed by atoms with E-state index in [1.165, 1.54) is 0 Å². The van der Waals surface area contributed by atoms with Gasteiger partial charge in [0.15, 0.2) is 0 Å². The van der Waals surface area contributed by atoms with Gasteiger partial charge >= 0.3 is 0 Å². The predicted molar refractivity (Wildman–Crippen MR) is 62.4 cm³/mol. The fourth-order valence-electron chi connectivity index (χ4n) is 2.31. The maximum atomic E-state index is 8.82. The molecule has 0 bridgehead atoms. The van der Waals surface area contributed by atoms with Gasteiger partial charge in [-0.1, -0.05) is 32.6 Å². The Morgan fingerprint density at radius 1 is 1.57 bits per heavy atom. The largest absolute Gasteiger partial charge is 0.321 e. The molecule has 0 aromatic heterocycles. The molecule has 0 radical (unpaired) electrons. The molecule has 0 aromatic carbocycles. The molecule has 0 saturated carbocycles. The molecular formula is C11H20N2Si. The van der Waals surface area contributed by atoms with Gasteiger partial charge < -0.3 is 4.57 Å². The van der Waals surface area contributed by atoms with Crippen molar-refractivity contribution in [1.82, 2.24) is 4.57 Å². The second-order valence-electron chi connectivity index (χ2n) is 4.89.